The number of ketones is 1. The Hall–Kier alpha value is -1.29. The van der Waals surface area contributed by atoms with E-state index in [9.17, 15) is 4.79 Å². The van der Waals surface area contributed by atoms with Crippen molar-refractivity contribution in [1.82, 2.24) is 4.57 Å². The molecule has 0 amide bonds. The fourth-order valence-electron chi connectivity index (χ4n) is 2.04. The number of aromatic nitrogens is 1. The van der Waals surface area contributed by atoms with Crippen molar-refractivity contribution < 1.29 is 9.21 Å². The number of nitrogens with zero attached hydrogens (tertiary/aromatic N) is 1. The predicted molar refractivity (Wildman–Crippen MR) is 79.0 cm³/mol. The van der Waals surface area contributed by atoms with Crippen LogP contribution in [0.15, 0.2) is 35.1 Å². The van der Waals surface area contributed by atoms with Gasteiger partial charge >= 0.3 is 0 Å². The van der Waals surface area contributed by atoms with Gasteiger partial charge in [0.15, 0.2) is 5.76 Å². The summed E-state index contributed by atoms with van der Waals surface area (Å²) in [4.78, 5) is 12.4. The van der Waals surface area contributed by atoms with Crippen LogP contribution in [0.2, 0.25) is 0 Å². The molecule has 0 N–H and O–H groups in total. The summed E-state index contributed by atoms with van der Waals surface area (Å²) in [5.41, 5.74) is 1.78. The van der Waals surface area contributed by atoms with Gasteiger partial charge in [0.2, 0.25) is 5.78 Å². The summed E-state index contributed by atoms with van der Waals surface area (Å²) in [5, 5.41) is 0.821. The Bertz CT molecular complexity index is 542. The van der Waals surface area contributed by atoms with Crippen LogP contribution >= 0.6 is 15.9 Å². The van der Waals surface area contributed by atoms with Crippen LogP contribution in [0, 0.1) is 0 Å². The Balaban J connectivity index is 2.14. The number of hydrogen-bond donors (Lipinski definition) is 0. The lowest BCUT2D eigenvalue weighted by Crippen LogP contribution is -2.09. The first-order valence-corrected chi connectivity index (χ1v) is 7.71. The lowest BCUT2D eigenvalue weighted by Gasteiger charge is -2.04. The lowest BCUT2D eigenvalue weighted by molar-refractivity contribution is 0.100. The maximum Gasteiger partial charge on any atom is 0.244 e. The van der Waals surface area contributed by atoms with Crippen LogP contribution in [0.3, 0.4) is 0 Å². The van der Waals surface area contributed by atoms with Crippen molar-refractivity contribution in [2.75, 3.05) is 5.33 Å². The van der Waals surface area contributed by atoms with Gasteiger partial charge in [0.25, 0.3) is 0 Å². The van der Waals surface area contributed by atoms with E-state index in [4.69, 9.17) is 4.42 Å². The Morgan fingerprint density at radius 2 is 2.32 bits per heavy atom. The summed E-state index contributed by atoms with van der Waals surface area (Å²) in [6.45, 7) is 2.93. The highest BCUT2D eigenvalue weighted by atomic mass is 79.9. The van der Waals surface area contributed by atoms with Gasteiger partial charge in [-0.3, -0.25) is 4.79 Å². The van der Waals surface area contributed by atoms with E-state index in [2.05, 4.69) is 22.9 Å². The summed E-state index contributed by atoms with van der Waals surface area (Å²) < 4.78 is 7.34. The molecule has 2 rings (SSSR count). The number of halogens is 1. The molecule has 0 unspecified atom stereocenters. The summed E-state index contributed by atoms with van der Waals surface area (Å²) >= 11 is 3.39. The van der Waals surface area contributed by atoms with Crippen LogP contribution in [0.25, 0.3) is 0 Å². The van der Waals surface area contributed by atoms with Crippen LogP contribution in [-0.2, 0) is 13.0 Å². The van der Waals surface area contributed by atoms with Gasteiger partial charge in [-0.05, 0) is 36.6 Å². The third kappa shape index (κ3) is 3.38. The first kappa shape index (κ1) is 14.1. The molecule has 0 spiro atoms. The van der Waals surface area contributed by atoms with Crippen molar-refractivity contribution in [1.29, 1.82) is 0 Å². The van der Waals surface area contributed by atoms with Crippen LogP contribution in [-0.4, -0.2) is 15.7 Å². The van der Waals surface area contributed by atoms with E-state index in [1.807, 2.05) is 29.0 Å². The zero-order chi connectivity index (χ0) is 13.7. The molecule has 0 radical (unpaired) electrons. The number of alkyl halides is 1. The van der Waals surface area contributed by atoms with Gasteiger partial charge < -0.3 is 8.98 Å². The first-order valence-electron chi connectivity index (χ1n) is 6.59. The van der Waals surface area contributed by atoms with Crippen molar-refractivity contribution >= 4 is 21.7 Å². The molecule has 2 aromatic rings. The van der Waals surface area contributed by atoms with Gasteiger partial charge in [0.1, 0.15) is 0 Å². The fraction of sp³-hybridized carbons (Fsp3) is 0.400. The molecule has 0 bridgehead atoms. The monoisotopic (exact) mass is 323 g/mol. The Morgan fingerprint density at radius 1 is 1.47 bits per heavy atom. The highest BCUT2D eigenvalue weighted by molar-refractivity contribution is 9.09. The number of hydrogen-bond acceptors (Lipinski definition) is 2. The molecule has 2 heterocycles. The average Bonchev–Trinajstić information content (AvgIpc) is 3.05. The molecule has 0 aromatic carbocycles. The molecule has 2 aromatic heterocycles. The van der Waals surface area contributed by atoms with Crippen LogP contribution < -0.4 is 0 Å². The number of aryl methyl sites for hydroxylation is 2. The van der Waals surface area contributed by atoms with E-state index in [1.54, 1.807) is 6.26 Å². The minimum atomic E-state index is -0.0475. The third-order valence-corrected chi connectivity index (χ3v) is 3.44. The van der Waals surface area contributed by atoms with Gasteiger partial charge in [-0.2, -0.15) is 0 Å². The predicted octanol–water partition coefficient (Wildman–Crippen LogP) is 4.05. The normalized spacial score (nSPS) is 10.8. The largest absolute Gasteiger partial charge is 0.461 e. The van der Waals surface area contributed by atoms with Gasteiger partial charge in [-0.25, -0.2) is 0 Å². The molecule has 3 nitrogen and oxygen atoms in total. The van der Waals surface area contributed by atoms with Crippen molar-refractivity contribution in [3.8, 4) is 0 Å². The minimum absolute atomic E-state index is 0.0475. The quantitative estimate of drug-likeness (QED) is 0.569. The van der Waals surface area contributed by atoms with Crippen molar-refractivity contribution in [2.24, 2.45) is 0 Å². The van der Waals surface area contributed by atoms with E-state index in [1.165, 1.54) is 0 Å². The van der Waals surface area contributed by atoms with Crippen molar-refractivity contribution in [3.05, 3.63) is 47.7 Å². The molecule has 0 fully saturated rings. The SMILES string of the molecule is CCCCc1coc(C(=O)c2cccn2CCBr)c1. The molecule has 0 atom stereocenters. The van der Waals surface area contributed by atoms with Crippen LogP contribution in [0.4, 0.5) is 0 Å². The molecule has 102 valence electrons. The second-order valence-corrected chi connectivity index (χ2v) is 5.32. The second kappa shape index (κ2) is 6.75. The topological polar surface area (TPSA) is 35.1 Å². The third-order valence-electron chi connectivity index (χ3n) is 3.08. The van der Waals surface area contributed by atoms with Crippen molar-refractivity contribution in [2.45, 2.75) is 32.7 Å². The van der Waals surface area contributed by atoms with E-state index >= 15 is 0 Å². The van der Waals surface area contributed by atoms with Gasteiger partial charge in [0.05, 0.1) is 12.0 Å². The Morgan fingerprint density at radius 3 is 3.05 bits per heavy atom. The smallest absolute Gasteiger partial charge is 0.244 e. The molecule has 0 saturated carbocycles. The maximum absolute atomic E-state index is 12.4. The Labute approximate surface area is 121 Å². The number of rotatable bonds is 7. The van der Waals surface area contributed by atoms with Crippen molar-refractivity contribution in [3.63, 3.8) is 0 Å². The summed E-state index contributed by atoms with van der Waals surface area (Å²) in [6, 6.07) is 5.58. The fourth-order valence-corrected chi connectivity index (χ4v) is 2.42. The highest BCUT2D eigenvalue weighted by Gasteiger charge is 2.16. The number of carbonyl (C=O) groups is 1. The molecule has 0 aliphatic rings. The molecule has 4 heteroatoms. The number of furan rings is 1. The lowest BCUT2D eigenvalue weighted by atomic mass is 10.1. The average molecular weight is 324 g/mol. The Kier molecular flexibility index (Phi) is 5.02. The number of unbranched alkanes of at least 4 members (excludes halogenated alkanes) is 1. The molecular weight excluding hydrogens is 306 g/mol. The summed E-state index contributed by atoms with van der Waals surface area (Å²) in [5.74, 6) is 0.384. The zero-order valence-electron chi connectivity index (χ0n) is 11.1. The first-order chi connectivity index (χ1) is 9.26. The van der Waals surface area contributed by atoms with Gasteiger partial charge in [0, 0.05) is 18.1 Å². The molecule has 0 aliphatic carbocycles. The maximum atomic E-state index is 12.4. The highest BCUT2D eigenvalue weighted by Crippen LogP contribution is 2.16. The van der Waals surface area contributed by atoms with Gasteiger partial charge in [-0.15, -0.1) is 0 Å². The second-order valence-electron chi connectivity index (χ2n) is 4.53. The molecular formula is C15H18BrNO2. The van der Waals surface area contributed by atoms with Crippen LogP contribution in [0.5, 0.6) is 0 Å². The van der Waals surface area contributed by atoms with Gasteiger partial charge in [-0.1, -0.05) is 29.3 Å². The van der Waals surface area contributed by atoms with Crippen LogP contribution in [0.1, 0.15) is 41.6 Å². The van der Waals surface area contributed by atoms with E-state index in [0.717, 1.165) is 36.7 Å². The van der Waals surface area contributed by atoms with E-state index in [0.29, 0.717) is 11.5 Å². The molecule has 0 saturated heterocycles. The number of carbonyl (C=O) groups excluding carboxylic acids is 1. The molecule has 19 heavy (non-hydrogen) atoms. The summed E-state index contributed by atoms with van der Waals surface area (Å²) in [6.07, 6.45) is 6.83. The summed E-state index contributed by atoms with van der Waals surface area (Å²) in [7, 11) is 0. The molecule has 0 aliphatic heterocycles. The minimum Gasteiger partial charge on any atom is -0.461 e. The standard InChI is InChI=1S/C15H18BrNO2/c1-2-3-5-12-10-14(19-11-12)15(18)13-6-4-8-17(13)9-7-16/h4,6,8,10-11H,2-3,5,7,9H2,1H3. The van der Waals surface area contributed by atoms with E-state index in [-0.39, 0.29) is 5.78 Å². The zero-order valence-corrected chi connectivity index (χ0v) is 12.6. The van der Waals surface area contributed by atoms with E-state index < -0.39 is 0 Å².